The minimum Gasteiger partial charge on any atom is -0.352 e. The molecule has 1 aliphatic rings. The van der Waals surface area contributed by atoms with Crippen LogP contribution in [0.15, 0.2) is 0 Å². The van der Waals surface area contributed by atoms with Gasteiger partial charge in [0.2, 0.25) is 5.91 Å². The Balaban J connectivity index is 2.88. The van der Waals surface area contributed by atoms with Crippen LogP contribution in [0.4, 0.5) is 0 Å². The van der Waals surface area contributed by atoms with Crippen molar-refractivity contribution in [2.45, 2.75) is 58.2 Å². The molecule has 1 aliphatic heterocycles. The van der Waals surface area contributed by atoms with E-state index in [1.54, 1.807) is 0 Å². The third-order valence-corrected chi connectivity index (χ3v) is 2.41. The lowest BCUT2D eigenvalue weighted by Gasteiger charge is -2.32. The molecule has 76 valence electrons. The van der Waals surface area contributed by atoms with E-state index >= 15 is 0 Å². The van der Waals surface area contributed by atoms with Crippen molar-refractivity contribution in [3.63, 3.8) is 0 Å². The SMILES string of the molecule is CC1CC(C)(C)NC(C)(C)C(=O)N1. The van der Waals surface area contributed by atoms with E-state index in [9.17, 15) is 4.79 Å². The zero-order valence-electron chi connectivity index (χ0n) is 9.19. The number of hydrogen-bond acceptors (Lipinski definition) is 2. The smallest absolute Gasteiger partial charge is 0.239 e. The average Bonchev–Trinajstić information content (AvgIpc) is 1.85. The number of carbonyl (C=O) groups is 1. The Morgan fingerprint density at radius 3 is 2.38 bits per heavy atom. The van der Waals surface area contributed by atoms with Gasteiger partial charge in [-0.25, -0.2) is 0 Å². The van der Waals surface area contributed by atoms with E-state index in [1.165, 1.54) is 0 Å². The third kappa shape index (κ3) is 2.44. The molecule has 1 atom stereocenters. The van der Waals surface area contributed by atoms with Crippen LogP contribution in [0.1, 0.15) is 41.0 Å². The molecule has 0 aromatic heterocycles. The molecule has 1 rings (SSSR count). The Morgan fingerprint density at radius 2 is 1.85 bits per heavy atom. The highest BCUT2D eigenvalue weighted by Crippen LogP contribution is 2.20. The minimum atomic E-state index is -0.464. The van der Waals surface area contributed by atoms with Crippen LogP contribution in [0, 0.1) is 0 Å². The quantitative estimate of drug-likeness (QED) is 0.590. The van der Waals surface area contributed by atoms with E-state index < -0.39 is 5.54 Å². The first-order chi connectivity index (χ1) is 5.73. The van der Waals surface area contributed by atoms with Crippen molar-refractivity contribution < 1.29 is 4.79 Å². The highest BCUT2D eigenvalue weighted by atomic mass is 16.2. The third-order valence-electron chi connectivity index (χ3n) is 2.41. The summed E-state index contributed by atoms with van der Waals surface area (Å²) in [4.78, 5) is 11.7. The van der Waals surface area contributed by atoms with Gasteiger partial charge in [-0.05, 0) is 41.0 Å². The van der Waals surface area contributed by atoms with Gasteiger partial charge in [-0.1, -0.05) is 0 Å². The van der Waals surface area contributed by atoms with Crippen LogP contribution < -0.4 is 10.6 Å². The summed E-state index contributed by atoms with van der Waals surface area (Å²) in [6, 6.07) is 0.247. The number of rotatable bonds is 0. The summed E-state index contributed by atoms with van der Waals surface area (Å²) < 4.78 is 0. The second-order valence-electron chi connectivity index (χ2n) is 5.21. The number of carbonyl (C=O) groups excluding carboxylic acids is 1. The fraction of sp³-hybridized carbons (Fsp3) is 0.900. The maximum Gasteiger partial charge on any atom is 0.239 e. The van der Waals surface area contributed by atoms with Crippen molar-refractivity contribution >= 4 is 5.91 Å². The fourth-order valence-electron chi connectivity index (χ4n) is 2.17. The Bertz CT molecular complexity index is 221. The van der Waals surface area contributed by atoms with Crippen molar-refractivity contribution in [1.29, 1.82) is 0 Å². The molecule has 3 heteroatoms. The summed E-state index contributed by atoms with van der Waals surface area (Å²) in [6.07, 6.45) is 0.960. The van der Waals surface area contributed by atoms with Gasteiger partial charge in [-0.15, -0.1) is 0 Å². The molecular formula is C10H20N2O. The molecule has 1 fully saturated rings. The molecule has 3 nitrogen and oxygen atoms in total. The lowest BCUT2D eigenvalue weighted by Crippen LogP contribution is -2.56. The monoisotopic (exact) mass is 184 g/mol. The van der Waals surface area contributed by atoms with E-state index in [1.807, 2.05) is 20.8 Å². The number of nitrogens with one attached hydrogen (secondary N) is 2. The first-order valence-electron chi connectivity index (χ1n) is 4.83. The molecule has 1 heterocycles. The Hall–Kier alpha value is -0.570. The second kappa shape index (κ2) is 2.98. The largest absolute Gasteiger partial charge is 0.352 e. The van der Waals surface area contributed by atoms with Gasteiger partial charge in [0.25, 0.3) is 0 Å². The van der Waals surface area contributed by atoms with Gasteiger partial charge in [0, 0.05) is 11.6 Å². The average molecular weight is 184 g/mol. The summed E-state index contributed by atoms with van der Waals surface area (Å²) >= 11 is 0. The maximum atomic E-state index is 11.7. The van der Waals surface area contributed by atoms with Gasteiger partial charge in [0.05, 0.1) is 5.54 Å². The molecule has 0 bridgehead atoms. The second-order valence-corrected chi connectivity index (χ2v) is 5.21. The van der Waals surface area contributed by atoms with Gasteiger partial charge in [-0.2, -0.15) is 0 Å². The number of amides is 1. The summed E-state index contributed by atoms with van der Waals surface area (Å²) in [5.41, 5.74) is -0.448. The van der Waals surface area contributed by atoms with Crippen LogP contribution in [0.25, 0.3) is 0 Å². The molecule has 13 heavy (non-hydrogen) atoms. The van der Waals surface area contributed by atoms with Gasteiger partial charge in [0.1, 0.15) is 0 Å². The van der Waals surface area contributed by atoms with Crippen molar-refractivity contribution in [1.82, 2.24) is 10.6 Å². The molecule has 0 radical (unpaired) electrons. The zero-order chi connectivity index (χ0) is 10.3. The Labute approximate surface area is 80.3 Å². The van der Waals surface area contributed by atoms with E-state index in [0.29, 0.717) is 0 Å². The van der Waals surface area contributed by atoms with Crippen LogP contribution in [-0.4, -0.2) is 23.0 Å². The first-order valence-corrected chi connectivity index (χ1v) is 4.83. The molecule has 0 spiro atoms. The summed E-state index contributed by atoms with van der Waals surface area (Å²) in [5, 5.41) is 6.35. The molecule has 1 unspecified atom stereocenters. The molecule has 1 amide bonds. The first kappa shape index (κ1) is 10.5. The minimum absolute atomic E-state index is 0.0159. The predicted octanol–water partition coefficient (Wildman–Crippen LogP) is 1.04. The van der Waals surface area contributed by atoms with Crippen LogP contribution in [-0.2, 0) is 4.79 Å². The van der Waals surface area contributed by atoms with Gasteiger partial charge in [-0.3, -0.25) is 10.1 Å². The summed E-state index contributed by atoms with van der Waals surface area (Å²) in [5.74, 6) is 0.0885. The molecular weight excluding hydrogens is 164 g/mol. The standard InChI is InChI=1S/C10H20N2O/c1-7-6-9(2,3)12-10(4,5)8(13)11-7/h7,12H,6H2,1-5H3,(H,11,13). The Kier molecular flexibility index (Phi) is 2.41. The summed E-state index contributed by atoms with van der Waals surface area (Å²) in [7, 11) is 0. The van der Waals surface area contributed by atoms with Crippen molar-refractivity contribution in [3.05, 3.63) is 0 Å². The van der Waals surface area contributed by atoms with Crippen molar-refractivity contribution in [2.24, 2.45) is 0 Å². The van der Waals surface area contributed by atoms with E-state index in [4.69, 9.17) is 0 Å². The van der Waals surface area contributed by atoms with E-state index in [-0.39, 0.29) is 17.5 Å². The molecule has 1 saturated heterocycles. The maximum absolute atomic E-state index is 11.7. The lowest BCUT2D eigenvalue weighted by atomic mass is 9.94. The highest BCUT2D eigenvalue weighted by Gasteiger charge is 2.38. The molecule has 0 aromatic carbocycles. The van der Waals surface area contributed by atoms with E-state index in [0.717, 1.165) is 6.42 Å². The fourth-order valence-corrected chi connectivity index (χ4v) is 2.17. The zero-order valence-corrected chi connectivity index (χ0v) is 9.19. The van der Waals surface area contributed by atoms with Crippen molar-refractivity contribution in [2.75, 3.05) is 0 Å². The number of hydrogen-bond donors (Lipinski definition) is 2. The van der Waals surface area contributed by atoms with Crippen LogP contribution in [0.5, 0.6) is 0 Å². The van der Waals surface area contributed by atoms with Crippen LogP contribution >= 0.6 is 0 Å². The van der Waals surface area contributed by atoms with Crippen LogP contribution in [0.2, 0.25) is 0 Å². The van der Waals surface area contributed by atoms with Crippen LogP contribution in [0.3, 0.4) is 0 Å². The topological polar surface area (TPSA) is 41.1 Å². The Morgan fingerprint density at radius 1 is 1.31 bits per heavy atom. The molecule has 0 saturated carbocycles. The van der Waals surface area contributed by atoms with Gasteiger partial charge < -0.3 is 5.32 Å². The van der Waals surface area contributed by atoms with Gasteiger partial charge >= 0.3 is 0 Å². The molecule has 0 aromatic rings. The highest BCUT2D eigenvalue weighted by molar-refractivity contribution is 5.86. The normalized spacial score (nSPS) is 32.1. The molecule has 2 N–H and O–H groups in total. The van der Waals surface area contributed by atoms with Gasteiger partial charge in [0.15, 0.2) is 0 Å². The summed E-state index contributed by atoms with van der Waals surface area (Å²) in [6.45, 7) is 10.1. The predicted molar refractivity (Wildman–Crippen MR) is 53.5 cm³/mol. The van der Waals surface area contributed by atoms with Crippen molar-refractivity contribution in [3.8, 4) is 0 Å². The molecule has 0 aliphatic carbocycles. The van der Waals surface area contributed by atoms with E-state index in [2.05, 4.69) is 24.5 Å². The lowest BCUT2D eigenvalue weighted by molar-refractivity contribution is -0.126.